The van der Waals surface area contributed by atoms with Crippen LogP contribution in [0.5, 0.6) is 0 Å². The third-order valence-corrected chi connectivity index (χ3v) is 4.07. The number of aromatic nitrogens is 4. The quantitative estimate of drug-likeness (QED) is 0.488. The summed E-state index contributed by atoms with van der Waals surface area (Å²) in [6, 6.07) is 7.35. The Bertz CT molecular complexity index is 1220. The van der Waals surface area contributed by atoms with E-state index in [2.05, 4.69) is 9.97 Å². The van der Waals surface area contributed by atoms with E-state index in [1.807, 2.05) is 0 Å². The van der Waals surface area contributed by atoms with Crippen molar-refractivity contribution in [2.75, 3.05) is 0 Å². The number of fused-ring (bicyclic) bond motifs is 3. The molecule has 0 N–H and O–H groups in total. The molecule has 1 aromatic carbocycles. The minimum absolute atomic E-state index is 0.0183. The van der Waals surface area contributed by atoms with E-state index in [1.165, 1.54) is 35.2 Å². The SMILES string of the molecule is Cn1cnc2c(=O)n(-c3ccccc3F)c3nc(C(F)(F)F)ccc3c21. The van der Waals surface area contributed by atoms with Gasteiger partial charge in [0.15, 0.2) is 5.52 Å². The molecule has 3 heterocycles. The number of nitrogens with zero attached hydrogens (tertiary/aromatic N) is 4. The molecule has 0 unspecified atom stereocenters. The molecule has 0 atom stereocenters. The maximum Gasteiger partial charge on any atom is 0.433 e. The zero-order valence-electron chi connectivity index (χ0n) is 13.3. The van der Waals surface area contributed by atoms with Crippen molar-refractivity contribution in [1.29, 1.82) is 0 Å². The van der Waals surface area contributed by atoms with E-state index in [1.54, 1.807) is 7.05 Å². The molecule has 26 heavy (non-hydrogen) atoms. The average Bonchev–Trinajstić information content (AvgIpc) is 2.98. The zero-order valence-corrected chi connectivity index (χ0v) is 13.3. The van der Waals surface area contributed by atoms with Crippen LogP contribution in [0.3, 0.4) is 0 Å². The highest BCUT2D eigenvalue weighted by molar-refractivity contribution is 6.01. The average molecular weight is 362 g/mol. The highest BCUT2D eigenvalue weighted by Gasteiger charge is 2.33. The summed E-state index contributed by atoms with van der Waals surface area (Å²) in [5.74, 6) is -0.759. The molecule has 4 rings (SSSR count). The van der Waals surface area contributed by atoms with Crippen molar-refractivity contribution in [1.82, 2.24) is 19.1 Å². The number of alkyl halides is 3. The first-order valence-corrected chi connectivity index (χ1v) is 7.48. The fraction of sp³-hybridized carbons (Fsp3) is 0.118. The van der Waals surface area contributed by atoms with Gasteiger partial charge in [-0.25, -0.2) is 14.4 Å². The van der Waals surface area contributed by atoms with Crippen molar-refractivity contribution >= 4 is 22.1 Å². The van der Waals surface area contributed by atoms with Crippen LogP contribution in [0.1, 0.15) is 5.69 Å². The van der Waals surface area contributed by atoms with Crippen molar-refractivity contribution in [2.45, 2.75) is 6.18 Å². The Morgan fingerprint density at radius 1 is 1.08 bits per heavy atom. The van der Waals surface area contributed by atoms with Crippen LogP contribution in [0.25, 0.3) is 27.8 Å². The lowest BCUT2D eigenvalue weighted by Crippen LogP contribution is -2.22. The van der Waals surface area contributed by atoms with Crippen molar-refractivity contribution in [3.63, 3.8) is 0 Å². The van der Waals surface area contributed by atoms with E-state index in [-0.39, 0.29) is 22.2 Å². The topological polar surface area (TPSA) is 52.7 Å². The fourth-order valence-electron chi connectivity index (χ4n) is 2.92. The largest absolute Gasteiger partial charge is 0.433 e. The van der Waals surface area contributed by atoms with Gasteiger partial charge in [0.05, 0.1) is 17.5 Å². The van der Waals surface area contributed by atoms with Crippen LogP contribution in [0.15, 0.2) is 47.5 Å². The van der Waals surface area contributed by atoms with Gasteiger partial charge in [-0.3, -0.25) is 9.36 Å². The van der Waals surface area contributed by atoms with Crippen LogP contribution < -0.4 is 5.56 Å². The summed E-state index contributed by atoms with van der Waals surface area (Å²) < 4.78 is 56.0. The summed E-state index contributed by atoms with van der Waals surface area (Å²) in [5.41, 5.74) is -2.04. The van der Waals surface area contributed by atoms with Crippen LogP contribution in [0.2, 0.25) is 0 Å². The summed E-state index contributed by atoms with van der Waals surface area (Å²) in [7, 11) is 1.61. The molecule has 0 aliphatic rings. The molecule has 0 aliphatic carbocycles. The molecule has 9 heteroatoms. The van der Waals surface area contributed by atoms with Gasteiger partial charge in [-0.1, -0.05) is 12.1 Å². The number of imidazole rings is 1. The summed E-state index contributed by atoms with van der Waals surface area (Å²) in [4.78, 5) is 20.5. The number of hydrogen-bond acceptors (Lipinski definition) is 3. The van der Waals surface area contributed by atoms with E-state index in [9.17, 15) is 22.4 Å². The van der Waals surface area contributed by atoms with Gasteiger partial charge in [0.25, 0.3) is 5.56 Å². The Balaban J connectivity index is 2.26. The second kappa shape index (κ2) is 5.38. The minimum Gasteiger partial charge on any atom is -0.333 e. The number of pyridine rings is 2. The highest BCUT2D eigenvalue weighted by atomic mass is 19.4. The number of rotatable bonds is 1. The predicted molar refractivity (Wildman–Crippen MR) is 86.6 cm³/mol. The van der Waals surface area contributed by atoms with Gasteiger partial charge >= 0.3 is 6.18 Å². The molecule has 4 aromatic rings. The fourth-order valence-corrected chi connectivity index (χ4v) is 2.92. The third kappa shape index (κ3) is 2.27. The first kappa shape index (κ1) is 16.2. The number of benzene rings is 1. The molecular weight excluding hydrogens is 352 g/mol. The third-order valence-electron chi connectivity index (χ3n) is 4.07. The molecule has 0 fully saturated rings. The molecule has 3 aromatic heterocycles. The van der Waals surface area contributed by atoms with Crippen LogP contribution in [0, 0.1) is 5.82 Å². The van der Waals surface area contributed by atoms with E-state index >= 15 is 0 Å². The summed E-state index contributed by atoms with van der Waals surface area (Å²) in [6.45, 7) is 0. The Labute approximate surface area is 143 Å². The Hall–Kier alpha value is -3.23. The van der Waals surface area contributed by atoms with Gasteiger partial charge in [-0.05, 0) is 24.3 Å². The second-order valence-corrected chi connectivity index (χ2v) is 5.71. The molecule has 132 valence electrons. The van der Waals surface area contributed by atoms with E-state index < -0.39 is 23.2 Å². The first-order valence-electron chi connectivity index (χ1n) is 7.48. The molecule has 5 nitrogen and oxygen atoms in total. The number of aryl methyl sites for hydroxylation is 1. The molecule has 0 aliphatic heterocycles. The summed E-state index contributed by atoms with van der Waals surface area (Å²) in [5, 5.41) is 0.260. The standard InChI is InChI=1S/C17H10F4N4O/c1-24-8-22-13-14(24)9-6-7-12(17(19,20)21)23-15(9)25(16(13)26)11-5-3-2-4-10(11)18/h2-8H,1H3. The lowest BCUT2D eigenvalue weighted by Gasteiger charge is -2.14. The number of para-hydroxylation sites is 1. The van der Waals surface area contributed by atoms with Gasteiger partial charge in [0.2, 0.25) is 0 Å². The van der Waals surface area contributed by atoms with Crippen molar-refractivity contribution in [3.05, 3.63) is 64.6 Å². The van der Waals surface area contributed by atoms with E-state index in [0.29, 0.717) is 5.52 Å². The lowest BCUT2D eigenvalue weighted by molar-refractivity contribution is -0.141. The highest BCUT2D eigenvalue weighted by Crippen LogP contribution is 2.31. The van der Waals surface area contributed by atoms with Crippen LogP contribution in [0.4, 0.5) is 17.6 Å². The predicted octanol–water partition coefficient (Wildman–Crippen LogP) is 3.43. The number of hydrogen-bond donors (Lipinski definition) is 0. The first-order chi connectivity index (χ1) is 12.3. The maximum absolute atomic E-state index is 14.3. The summed E-state index contributed by atoms with van der Waals surface area (Å²) in [6.07, 6.45) is -3.33. The van der Waals surface area contributed by atoms with Crippen molar-refractivity contribution in [3.8, 4) is 5.69 Å². The second-order valence-electron chi connectivity index (χ2n) is 5.71. The van der Waals surface area contributed by atoms with E-state index in [4.69, 9.17) is 0 Å². The molecule has 0 saturated heterocycles. The van der Waals surface area contributed by atoms with Gasteiger partial charge in [0.1, 0.15) is 17.2 Å². The van der Waals surface area contributed by atoms with Gasteiger partial charge < -0.3 is 4.57 Å². The van der Waals surface area contributed by atoms with Crippen molar-refractivity contribution in [2.24, 2.45) is 7.05 Å². The Morgan fingerprint density at radius 2 is 1.81 bits per heavy atom. The monoisotopic (exact) mass is 362 g/mol. The smallest absolute Gasteiger partial charge is 0.333 e. The van der Waals surface area contributed by atoms with Crippen LogP contribution in [-0.4, -0.2) is 19.1 Å². The lowest BCUT2D eigenvalue weighted by atomic mass is 10.2. The van der Waals surface area contributed by atoms with Gasteiger partial charge in [-0.15, -0.1) is 0 Å². The molecule has 0 spiro atoms. The Kier molecular flexibility index (Phi) is 3.36. The molecule has 0 bridgehead atoms. The molecular formula is C17H10F4N4O. The number of halogens is 4. The van der Waals surface area contributed by atoms with Crippen LogP contribution in [-0.2, 0) is 13.2 Å². The van der Waals surface area contributed by atoms with Crippen LogP contribution >= 0.6 is 0 Å². The van der Waals surface area contributed by atoms with Gasteiger partial charge in [0, 0.05) is 12.4 Å². The molecule has 0 saturated carbocycles. The van der Waals surface area contributed by atoms with Gasteiger partial charge in [-0.2, -0.15) is 13.2 Å². The van der Waals surface area contributed by atoms with E-state index in [0.717, 1.165) is 16.7 Å². The maximum atomic E-state index is 14.3. The normalized spacial score (nSPS) is 12.2. The Morgan fingerprint density at radius 3 is 2.50 bits per heavy atom. The van der Waals surface area contributed by atoms with Crippen molar-refractivity contribution < 1.29 is 17.6 Å². The zero-order chi connectivity index (χ0) is 18.6. The molecule has 0 radical (unpaired) electrons. The molecule has 0 amide bonds. The minimum atomic E-state index is -4.70. The summed E-state index contributed by atoms with van der Waals surface area (Å²) >= 11 is 0.